The van der Waals surface area contributed by atoms with Crippen LogP contribution in [0.5, 0.6) is 0 Å². The Hall–Kier alpha value is -4.48. The molecule has 0 amide bonds. The number of para-hydroxylation sites is 1. The van der Waals surface area contributed by atoms with Crippen LogP contribution >= 0.6 is 0 Å². The summed E-state index contributed by atoms with van der Waals surface area (Å²) in [7, 11) is 0. The molecular weight excluding hydrogens is 448 g/mol. The Morgan fingerprint density at radius 3 is 2.53 bits per heavy atom. The lowest BCUT2D eigenvalue weighted by Crippen LogP contribution is -2.41. The molecule has 4 heterocycles. The van der Waals surface area contributed by atoms with E-state index in [1.54, 1.807) is 59.5 Å². The maximum atomic E-state index is 13.3. The van der Waals surface area contributed by atoms with E-state index in [2.05, 4.69) is 20.3 Å². The first-order valence-electron chi connectivity index (χ1n) is 10.3. The fourth-order valence-corrected chi connectivity index (χ4v) is 3.61. The van der Waals surface area contributed by atoms with Crippen LogP contribution in [0.1, 0.15) is 18.0 Å². The van der Waals surface area contributed by atoms with Gasteiger partial charge in [-0.1, -0.05) is 12.1 Å². The first kappa shape index (κ1) is 21.4. The molecule has 12 heteroatoms. The van der Waals surface area contributed by atoms with Crippen molar-refractivity contribution in [1.29, 1.82) is 0 Å². The summed E-state index contributed by atoms with van der Waals surface area (Å²) >= 11 is 0. The van der Waals surface area contributed by atoms with Gasteiger partial charge in [-0.3, -0.25) is 23.6 Å². The molecule has 0 aliphatic heterocycles. The Morgan fingerprint density at radius 1 is 0.971 bits per heavy atom. The molecule has 4 aromatic heterocycles. The van der Waals surface area contributed by atoms with Crippen molar-refractivity contribution < 1.29 is 13.2 Å². The minimum Gasteiger partial charge on any atom is -0.415 e. The molecule has 5 rings (SSSR count). The third kappa shape index (κ3) is 4.00. The normalized spacial score (nSPS) is 11.5. The molecule has 172 valence electrons. The van der Waals surface area contributed by atoms with Crippen LogP contribution in [0.15, 0.2) is 75.1 Å². The highest BCUT2D eigenvalue weighted by molar-refractivity contribution is 5.77. The highest BCUT2D eigenvalue weighted by Gasteiger charge is 2.18. The maximum Gasteiger partial charge on any atom is 0.331 e. The molecule has 0 fully saturated rings. The van der Waals surface area contributed by atoms with E-state index < -0.39 is 23.6 Å². The van der Waals surface area contributed by atoms with Gasteiger partial charge in [0, 0.05) is 25.1 Å². The van der Waals surface area contributed by atoms with Gasteiger partial charge in [0.15, 0.2) is 0 Å². The largest absolute Gasteiger partial charge is 0.415 e. The lowest BCUT2D eigenvalue weighted by molar-refractivity contribution is 0.116. The van der Waals surface area contributed by atoms with Crippen LogP contribution in [0.2, 0.25) is 0 Å². The SMILES string of the molecule is O=c1c2ccccc2n(CCn2cccn2)c(=O)n1Cc1ccc(-c2nnc(C(F)F)o2)cn1. The van der Waals surface area contributed by atoms with Crippen LogP contribution < -0.4 is 11.2 Å². The molecule has 10 nitrogen and oxygen atoms in total. The van der Waals surface area contributed by atoms with Crippen LogP contribution in [0.4, 0.5) is 8.78 Å². The molecule has 0 radical (unpaired) electrons. The number of rotatable bonds is 7. The van der Waals surface area contributed by atoms with E-state index in [1.807, 2.05) is 0 Å². The van der Waals surface area contributed by atoms with Gasteiger partial charge in [0.25, 0.3) is 11.4 Å². The van der Waals surface area contributed by atoms with Crippen molar-refractivity contribution in [2.24, 2.45) is 0 Å². The molecule has 0 aliphatic carbocycles. The number of aryl methyl sites for hydroxylation is 2. The second-order valence-electron chi connectivity index (χ2n) is 7.40. The van der Waals surface area contributed by atoms with E-state index in [-0.39, 0.29) is 12.4 Å². The third-order valence-electron chi connectivity index (χ3n) is 5.26. The summed E-state index contributed by atoms with van der Waals surface area (Å²) in [5.41, 5.74) is 0.395. The van der Waals surface area contributed by atoms with E-state index in [4.69, 9.17) is 4.42 Å². The van der Waals surface area contributed by atoms with Crippen molar-refractivity contribution in [3.63, 3.8) is 0 Å². The van der Waals surface area contributed by atoms with Crippen molar-refractivity contribution in [3.8, 4) is 11.5 Å². The smallest absolute Gasteiger partial charge is 0.331 e. The number of alkyl halides is 2. The van der Waals surface area contributed by atoms with Crippen molar-refractivity contribution in [2.75, 3.05) is 0 Å². The number of hydrogen-bond acceptors (Lipinski definition) is 7. The summed E-state index contributed by atoms with van der Waals surface area (Å²) in [5.74, 6) is -0.879. The molecule has 34 heavy (non-hydrogen) atoms. The van der Waals surface area contributed by atoms with Crippen molar-refractivity contribution in [2.45, 2.75) is 26.1 Å². The van der Waals surface area contributed by atoms with E-state index in [0.717, 1.165) is 4.57 Å². The Balaban J connectivity index is 1.48. The number of benzene rings is 1. The van der Waals surface area contributed by atoms with Gasteiger partial charge in [-0.2, -0.15) is 13.9 Å². The van der Waals surface area contributed by atoms with E-state index in [9.17, 15) is 18.4 Å². The Labute approximate surface area is 189 Å². The number of nitrogens with zero attached hydrogens (tertiary/aromatic N) is 7. The second kappa shape index (κ2) is 8.81. The van der Waals surface area contributed by atoms with Crippen LogP contribution in [0, 0.1) is 0 Å². The zero-order valence-electron chi connectivity index (χ0n) is 17.6. The Morgan fingerprint density at radius 2 is 1.82 bits per heavy atom. The molecule has 0 N–H and O–H groups in total. The topological polar surface area (TPSA) is 114 Å². The van der Waals surface area contributed by atoms with E-state index in [1.165, 1.54) is 10.8 Å². The first-order valence-corrected chi connectivity index (χ1v) is 10.3. The first-order chi connectivity index (χ1) is 16.5. The fourth-order valence-electron chi connectivity index (χ4n) is 3.61. The van der Waals surface area contributed by atoms with Crippen LogP contribution in [0.25, 0.3) is 22.4 Å². The molecular formula is C22H17F2N7O3. The second-order valence-corrected chi connectivity index (χ2v) is 7.40. The Bertz CT molecular complexity index is 1550. The predicted octanol–water partition coefficient (Wildman–Crippen LogP) is 2.49. The van der Waals surface area contributed by atoms with Gasteiger partial charge in [0.2, 0.25) is 5.89 Å². The van der Waals surface area contributed by atoms with Gasteiger partial charge in [-0.25, -0.2) is 4.79 Å². The maximum absolute atomic E-state index is 13.3. The zero-order valence-corrected chi connectivity index (χ0v) is 17.6. The molecule has 0 saturated heterocycles. The van der Waals surface area contributed by atoms with Gasteiger partial charge in [-0.05, 0) is 30.3 Å². The minimum absolute atomic E-state index is 0.0727. The molecule has 1 aromatic carbocycles. The van der Waals surface area contributed by atoms with Gasteiger partial charge >= 0.3 is 12.1 Å². The van der Waals surface area contributed by atoms with Gasteiger partial charge in [0.05, 0.1) is 35.2 Å². The number of pyridine rings is 1. The minimum atomic E-state index is -2.87. The zero-order chi connectivity index (χ0) is 23.7. The summed E-state index contributed by atoms with van der Waals surface area (Å²) in [6.07, 6.45) is 1.94. The lowest BCUT2D eigenvalue weighted by atomic mass is 10.2. The molecule has 5 aromatic rings. The molecule has 0 aliphatic rings. The lowest BCUT2D eigenvalue weighted by Gasteiger charge is -2.14. The average molecular weight is 465 g/mol. The standard InChI is InChI=1S/C22H17F2N7O3/c23-18(24)20-28-27-19(34-20)14-6-7-15(25-12-14)13-31-21(32)16-4-1-2-5-17(16)30(22(31)33)11-10-29-9-3-8-26-29/h1-9,12,18H,10-11,13H2. The van der Waals surface area contributed by atoms with Crippen molar-refractivity contribution in [3.05, 3.63) is 93.5 Å². The summed E-state index contributed by atoms with van der Waals surface area (Å²) in [5, 5.41) is 11.4. The van der Waals surface area contributed by atoms with Crippen LogP contribution in [-0.2, 0) is 19.6 Å². The number of halogens is 2. The van der Waals surface area contributed by atoms with Crippen molar-refractivity contribution >= 4 is 10.9 Å². The monoisotopic (exact) mass is 465 g/mol. The number of aromatic nitrogens is 7. The third-order valence-corrected chi connectivity index (χ3v) is 5.26. The summed E-state index contributed by atoms with van der Waals surface area (Å²) in [6, 6.07) is 11.8. The van der Waals surface area contributed by atoms with Gasteiger partial charge in [0.1, 0.15) is 0 Å². The highest BCUT2D eigenvalue weighted by Crippen LogP contribution is 2.22. The summed E-state index contributed by atoms with van der Waals surface area (Å²) < 4.78 is 34.6. The number of hydrogen-bond donors (Lipinski definition) is 0. The fraction of sp³-hybridized carbons (Fsp3) is 0.182. The average Bonchev–Trinajstić information content (AvgIpc) is 3.55. The molecule has 0 atom stereocenters. The Kier molecular flexibility index (Phi) is 5.54. The summed E-state index contributed by atoms with van der Waals surface area (Å²) in [6.45, 7) is 0.695. The molecule has 0 bridgehead atoms. The molecule has 0 spiro atoms. The molecule has 0 saturated carbocycles. The van der Waals surface area contributed by atoms with Crippen LogP contribution in [0.3, 0.4) is 0 Å². The van der Waals surface area contributed by atoms with E-state index >= 15 is 0 Å². The predicted molar refractivity (Wildman–Crippen MR) is 116 cm³/mol. The van der Waals surface area contributed by atoms with Gasteiger partial charge < -0.3 is 4.42 Å². The van der Waals surface area contributed by atoms with Gasteiger partial charge in [-0.15, -0.1) is 10.2 Å². The van der Waals surface area contributed by atoms with E-state index in [0.29, 0.717) is 35.2 Å². The van der Waals surface area contributed by atoms with Crippen LogP contribution in [-0.4, -0.2) is 34.1 Å². The number of fused-ring (bicyclic) bond motifs is 1. The summed E-state index contributed by atoms with van der Waals surface area (Å²) in [4.78, 5) is 30.6. The quantitative estimate of drug-likeness (QED) is 0.363. The molecule has 0 unspecified atom stereocenters. The highest BCUT2D eigenvalue weighted by atomic mass is 19.3. The van der Waals surface area contributed by atoms with Crippen molar-refractivity contribution in [1.82, 2.24) is 34.1 Å².